The lowest BCUT2D eigenvalue weighted by Crippen LogP contribution is -2.34. The minimum atomic E-state index is 0.0150. The predicted octanol–water partition coefficient (Wildman–Crippen LogP) is 2.03. The summed E-state index contributed by atoms with van der Waals surface area (Å²) in [5.74, 6) is 0.911. The zero-order valence-corrected chi connectivity index (χ0v) is 9.16. The molecule has 0 N–H and O–H groups in total. The van der Waals surface area contributed by atoms with Crippen molar-refractivity contribution in [1.29, 1.82) is 0 Å². The Bertz CT molecular complexity index is 281. The molecule has 1 aliphatic carbocycles. The second-order valence-corrected chi connectivity index (χ2v) is 4.43. The molecule has 3 nitrogen and oxygen atoms in total. The highest BCUT2D eigenvalue weighted by molar-refractivity contribution is 6.07. The van der Waals surface area contributed by atoms with Gasteiger partial charge in [-0.3, -0.25) is 4.79 Å². The lowest BCUT2D eigenvalue weighted by molar-refractivity contribution is -0.133. The summed E-state index contributed by atoms with van der Waals surface area (Å²) < 4.78 is 0. The van der Waals surface area contributed by atoms with Gasteiger partial charge in [0.25, 0.3) is 5.91 Å². The number of hydrogen-bond acceptors (Lipinski definition) is 2. The average molecular weight is 194 g/mol. The van der Waals surface area contributed by atoms with Crippen LogP contribution in [0.1, 0.15) is 40.0 Å². The third-order valence-electron chi connectivity index (χ3n) is 3.38. The summed E-state index contributed by atoms with van der Waals surface area (Å²) in [6.45, 7) is 6.14. The molecule has 2 rings (SSSR count). The van der Waals surface area contributed by atoms with Crippen LogP contribution < -0.4 is 0 Å². The van der Waals surface area contributed by atoms with E-state index in [1.807, 2.05) is 6.92 Å². The van der Waals surface area contributed by atoms with Crippen LogP contribution in [0.2, 0.25) is 0 Å². The van der Waals surface area contributed by atoms with Gasteiger partial charge in [0.15, 0.2) is 0 Å². The molecule has 14 heavy (non-hydrogen) atoms. The van der Waals surface area contributed by atoms with Crippen LogP contribution >= 0.6 is 0 Å². The summed E-state index contributed by atoms with van der Waals surface area (Å²) in [6, 6.07) is 0.314. The monoisotopic (exact) mass is 194 g/mol. The SMILES string of the molecule is CCC1=NN(C(C)C2CC2)C(=O)C1C. The lowest BCUT2D eigenvalue weighted by atomic mass is 10.0. The minimum Gasteiger partial charge on any atom is -0.272 e. The van der Waals surface area contributed by atoms with Crippen LogP contribution in [-0.2, 0) is 4.79 Å². The molecule has 1 aliphatic heterocycles. The Balaban J connectivity index is 2.12. The molecule has 1 amide bonds. The van der Waals surface area contributed by atoms with E-state index in [1.54, 1.807) is 5.01 Å². The Morgan fingerprint density at radius 2 is 2.21 bits per heavy atom. The first-order chi connectivity index (χ1) is 6.65. The van der Waals surface area contributed by atoms with Gasteiger partial charge in [0, 0.05) is 0 Å². The van der Waals surface area contributed by atoms with Crippen LogP contribution in [0.15, 0.2) is 5.10 Å². The zero-order valence-electron chi connectivity index (χ0n) is 9.16. The molecule has 2 aliphatic rings. The molecule has 0 aromatic heterocycles. The quantitative estimate of drug-likeness (QED) is 0.676. The Kier molecular flexibility index (Phi) is 2.33. The zero-order chi connectivity index (χ0) is 10.3. The van der Waals surface area contributed by atoms with Gasteiger partial charge in [-0.25, -0.2) is 5.01 Å². The lowest BCUT2D eigenvalue weighted by Gasteiger charge is -2.20. The Morgan fingerprint density at radius 3 is 2.64 bits per heavy atom. The second kappa shape index (κ2) is 3.37. The summed E-state index contributed by atoms with van der Waals surface area (Å²) in [6.07, 6.45) is 3.41. The van der Waals surface area contributed by atoms with E-state index >= 15 is 0 Å². The fraction of sp³-hybridized carbons (Fsp3) is 0.818. The van der Waals surface area contributed by atoms with Crippen LogP contribution in [0.3, 0.4) is 0 Å². The van der Waals surface area contributed by atoms with Gasteiger partial charge in [0.1, 0.15) is 0 Å². The van der Waals surface area contributed by atoms with Gasteiger partial charge in [0.2, 0.25) is 0 Å². The Labute approximate surface area is 85.2 Å². The molecule has 78 valence electrons. The highest BCUT2D eigenvalue weighted by Crippen LogP contribution is 2.37. The first-order valence-corrected chi connectivity index (χ1v) is 5.55. The number of carbonyl (C=O) groups excluding carboxylic acids is 1. The van der Waals surface area contributed by atoms with E-state index in [0.29, 0.717) is 12.0 Å². The van der Waals surface area contributed by atoms with Crippen molar-refractivity contribution >= 4 is 11.6 Å². The molecule has 0 bridgehead atoms. The molecule has 0 aromatic rings. The Morgan fingerprint density at radius 1 is 1.57 bits per heavy atom. The molecular weight excluding hydrogens is 176 g/mol. The van der Waals surface area contributed by atoms with Crippen molar-refractivity contribution in [1.82, 2.24) is 5.01 Å². The number of rotatable bonds is 3. The molecular formula is C11H18N2O. The van der Waals surface area contributed by atoms with Gasteiger partial charge in [-0.1, -0.05) is 6.92 Å². The molecule has 2 atom stereocenters. The summed E-state index contributed by atoms with van der Waals surface area (Å²) in [4.78, 5) is 11.9. The van der Waals surface area contributed by atoms with Crippen LogP contribution in [0, 0.1) is 11.8 Å². The topological polar surface area (TPSA) is 32.7 Å². The van der Waals surface area contributed by atoms with Crippen LogP contribution in [0.5, 0.6) is 0 Å². The third-order valence-corrected chi connectivity index (χ3v) is 3.38. The second-order valence-electron chi connectivity index (χ2n) is 4.43. The standard InChI is InChI=1S/C11H18N2O/c1-4-10-7(2)11(14)13(12-10)8(3)9-5-6-9/h7-9H,4-6H2,1-3H3. The normalized spacial score (nSPS) is 29.4. The van der Waals surface area contributed by atoms with Crippen LogP contribution in [0.4, 0.5) is 0 Å². The molecule has 0 radical (unpaired) electrons. The van der Waals surface area contributed by atoms with Gasteiger partial charge in [-0.05, 0) is 39.0 Å². The maximum Gasteiger partial charge on any atom is 0.251 e. The largest absolute Gasteiger partial charge is 0.272 e. The molecule has 3 heteroatoms. The number of carbonyl (C=O) groups is 1. The summed E-state index contributed by atoms with van der Waals surface area (Å²) >= 11 is 0. The van der Waals surface area contributed by atoms with Crippen molar-refractivity contribution in [2.45, 2.75) is 46.1 Å². The molecule has 1 fully saturated rings. The number of hydrazone groups is 1. The Hall–Kier alpha value is -0.860. The minimum absolute atomic E-state index is 0.0150. The van der Waals surface area contributed by atoms with Gasteiger partial charge < -0.3 is 0 Å². The number of amides is 1. The third kappa shape index (κ3) is 1.45. The van der Waals surface area contributed by atoms with Gasteiger partial charge in [-0.15, -0.1) is 0 Å². The van der Waals surface area contributed by atoms with Crippen molar-refractivity contribution < 1.29 is 4.79 Å². The molecule has 1 heterocycles. The van der Waals surface area contributed by atoms with Crippen LogP contribution in [-0.4, -0.2) is 22.7 Å². The predicted molar refractivity (Wildman–Crippen MR) is 55.9 cm³/mol. The van der Waals surface area contributed by atoms with E-state index < -0.39 is 0 Å². The molecule has 0 aromatic carbocycles. The smallest absolute Gasteiger partial charge is 0.251 e. The highest BCUT2D eigenvalue weighted by Gasteiger charge is 2.40. The van der Waals surface area contributed by atoms with Crippen molar-refractivity contribution in [3.05, 3.63) is 0 Å². The van der Waals surface area contributed by atoms with Gasteiger partial charge >= 0.3 is 0 Å². The average Bonchev–Trinajstić information content (AvgIpc) is 2.97. The molecule has 1 saturated carbocycles. The van der Waals surface area contributed by atoms with E-state index in [0.717, 1.165) is 12.1 Å². The van der Waals surface area contributed by atoms with Crippen molar-refractivity contribution in [2.24, 2.45) is 16.9 Å². The fourth-order valence-corrected chi connectivity index (χ4v) is 2.06. The first kappa shape index (κ1) is 9.69. The van der Waals surface area contributed by atoms with Crippen molar-refractivity contribution in [2.75, 3.05) is 0 Å². The number of hydrogen-bond donors (Lipinski definition) is 0. The summed E-state index contributed by atoms with van der Waals surface area (Å²) in [5, 5.41) is 6.15. The molecule has 2 unspecified atom stereocenters. The fourth-order valence-electron chi connectivity index (χ4n) is 2.06. The maximum atomic E-state index is 11.9. The van der Waals surface area contributed by atoms with E-state index in [4.69, 9.17) is 0 Å². The number of nitrogens with zero attached hydrogens (tertiary/aromatic N) is 2. The van der Waals surface area contributed by atoms with E-state index in [-0.39, 0.29) is 11.8 Å². The maximum absolute atomic E-state index is 11.9. The highest BCUT2D eigenvalue weighted by atomic mass is 16.2. The van der Waals surface area contributed by atoms with Crippen molar-refractivity contribution in [3.63, 3.8) is 0 Å². The van der Waals surface area contributed by atoms with Gasteiger partial charge in [-0.2, -0.15) is 5.10 Å². The van der Waals surface area contributed by atoms with Gasteiger partial charge in [0.05, 0.1) is 17.7 Å². The molecule has 0 spiro atoms. The van der Waals surface area contributed by atoms with Crippen molar-refractivity contribution in [3.8, 4) is 0 Å². The molecule has 0 saturated heterocycles. The summed E-state index contributed by atoms with van der Waals surface area (Å²) in [5.41, 5.74) is 1.04. The summed E-state index contributed by atoms with van der Waals surface area (Å²) in [7, 11) is 0. The van der Waals surface area contributed by atoms with Crippen LogP contribution in [0.25, 0.3) is 0 Å². The first-order valence-electron chi connectivity index (χ1n) is 5.55. The van der Waals surface area contributed by atoms with E-state index in [1.165, 1.54) is 12.8 Å². The van der Waals surface area contributed by atoms with E-state index in [9.17, 15) is 4.79 Å². The van der Waals surface area contributed by atoms with E-state index in [2.05, 4.69) is 18.9 Å².